The molecule has 0 amide bonds. The van der Waals surface area contributed by atoms with E-state index in [1.807, 2.05) is 78.9 Å². The first kappa shape index (κ1) is 16.8. The van der Waals surface area contributed by atoms with Crippen LogP contribution in [0.3, 0.4) is 0 Å². The van der Waals surface area contributed by atoms with Crippen molar-refractivity contribution in [3.05, 3.63) is 169 Å². The molecule has 0 spiro atoms. The molecule has 0 heteroatoms. The third-order valence-corrected chi connectivity index (χ3v) is 7.98. The minimum absolute atomic E-state index is 0.194. The van der Waals surface area contributed by atoms with Gasteiger partial charge in [0.1, 0.15) is 0 Å². The average Bonchev–Trinajstić information content (AvgIpc) is 3.14. The maximum Gasteiger partial charge on any atom is 0.0629 e. The van der Waals surface area contributed by atoms with Crippen molar-refractivity contribution in [2.75, 3.05) is 0 Å². The summed E-state index contributed by atoms with van der Waals surface area (Å²) in [4.78, 5) is 0. The lowest BCUT2D eigenvalue weighted by atomic mass is 9.85. The Bertz CT molecular complexity index is 2570. The Labute approximate surface area is 251 Å². The number of benzene rings is 8. The smallest absolute Gasteiger partial charge is 0.0616 e. The van der Waals surface area contributed by atoms with E-state index >= 15 is 0 Å². The lowest BCUT2D eigenvalue weighted by Gasteiger charge is -2.18. The van der Waals surface area contributed by atoms with E-state index in [1.165, 1.54) is 0 Å². The minimum atomic E-state index is -0.400. The quantitative estimate of drug-likeness (QED) is 0.199. The van der Waals surface area contributed by atoms with Crippen molar-refractivity contribution >= 4 is 43.1 Å². The third-order valence-electron chi connectivity index (χ3n) is 7.98. The van der Waals surface area contributed by atoms with Crippen LogP contribution in [-0.4, -0.2) is 0 Å². The molecule has 41 heavy (non-hydrogen) atoms. The highest BCUT2D eigenvalue weighted by Crippen LogP contribution is 2.41. The highest BCUT2D eigenvalue weighted by Gasteiger charge is 2.16. The average molecular weight is 529 g/mol. The zero-order valence-corrected chi connectivity index (χ0v) is 22.1. The fourth-order valence-electron chi connectivity index (χ4n) is 6.00. The van der Waals surface area contributed by atoms with Crippen molar-refractivity contribution in [3.63, 3.8) is 0 Å². The van der Waals surface area contributed by atoms with E-state index in [1.54, 1.807) is 0 Å². The van der Waals surface area contributed by atoms with Crippen molar-refractivity contribution in [1.82, 2.24) is 0 Å². The van der Waals surface area contributed by atoms with Gasteiger partial charge in [-0.3, -0.25) is 0 Å². The summed E-state index contributed by atoms with van der Waals surface area (Å²) in [5, 5.41) is 5.17. The van der Waals surface area contributed by atoms with Gasteiger partial charge in [0.15, 0.2) is 0 Å². The Morgan fingerprint density at radius 1 is 0.415 bits per heavy atom. The van der Waals surface area contributed by atoms with E-state index < -0.39 is 24.2 Å². The standard InChI is InChI=1S/C41H28/c1-2-12-32-26-33(25-22-28(32)10-1)29-20-23-31(24-21-29)41-38-18-7-5-16-36(38)40(37-17-6-8-19-39(37)41)27-34-14-9-13-30-11-3-4-15-35(30)34/h1-26H,27H2/i5D,6D,7D,8D,16D,17D,18D,19D. The van der Waals surface area contributed by atoms with Crippen LogP contribution in [0.25, 0.3) is 65.3 Å². The first-order chi connectivity index (χ1) is 23.7. The van der Waals surface area contributed by atoms with Crippen LogP contribution in [0.5, 0.6) is 0 Å². The number of hydrogen-bond acceptors (Lipinski definition) is 0. The second kappa shape index (κ2) is 9.77. The summed E-state index contributed by atoms with van der Waals surface area (Å²) < 4.78 is 71.4. The summed E-state index contributed by atoms with van der Waals surface area (Å²) >= 11 is 0. The van der Waals surface area contributed by atoms with Crippen LogP contribution in [0.2, 0.25) is 0 Å². The van der Waals surface area contributed by atoms with Crippen molar-refractivity contribution in [2.24, 2.45) is 0 Å². The van der Waals surface area contributed by atoms with E-state index in [0.717, 1.165) is 38.2 Å². The van der Waals surface area contributed by atoms with Gasteiger partial charge in [0.25, 0.3) is 0 Å². The molecule has 0 N–H and O–H groups in total. The molecule has 0 nitrogen and oxygen atoms in total. The summed E-state index contributed by atoms with van der Waals surface area (Å²) in [5.74, 6) is 0. The van der Waals surface area contributed by atoms with Crippen molar-refractivity contribution in [2.45, 2.75) is 6.42 Å². The van der Waals surface area contributed by atoms with Crippen molar-refractivity contribution in [3.8, 4) is 22.3 Å². The minimum Gasteiger partial charge on any atom is -0.0616 e. The van der Waals surface area contributed by atoms with Gasteiger partial charge in [-0.25, -0.2) is 0 Å². The van der Waals surface area contributed by atoms with E-state index in [9.17, 15) is 5.48 Å². The predicted octanol–water partition coefficient (Wildman–Crippen LogP) is 11.2. The van der Waals surface area contributed by atoms with Crippen LogP contribution < -0.4 is 0 Å². The monoisotopic (exact) mass is 528 g/mol. The molecule has 8 aromatic rings. The maximum atomic E-state index is 9.19. The van der Waals surface area contributed by atoms with Gasteiger partial charge in [-0.15, -0.1) is 0 Å². The van der Waals surface area contributed by atoms with Crippen LogP contribution >= 0.6 is 0 Å². The van der Waals surface area contributed by atoms with Gasteiger partial charge in [0, 0.05) is 0 Å². The predicted molar refractivity (Wildman–Crippen MR) is 177 cm³/mol. The van der Waals surface area contributed by atoms with E-state index in [2.05, 4.69) is 30.3 Å². The molecule has 0 aliphatic heterocycles. The number of rotatable bonds is 4. The molecule has 8 aromatic carbocycles. The first-order valence-electron chi connectivity index (χ1n) is 17.7. The van der Waals surface area contributed by atoms with Gasteiger partial charge in [0.05, 0.1) is 11.0 Å². The molecule has 0 aliphatic carbocycles. The molecule has 8 rings (SSSR count). The van der Waals surface area contributed by atoms with Gasteiger partial charge in [0.2, 0.25) is 0 Å². The highest BCUT2D eigenvalue weighted by atomic mass is 14.2. The summed E-state index contributed by atoms with van der Waals surface area (Å²) in [6.07, 6.45) is 0.194. The van der Waals surface area contributed by atoms with Gasteiger partial charge in [-0.2, -0.15) is 0 Å². The van der Waals surface area contributed by atoms with E-state index in [0.29, 0.717) is 16.7 Å². The Kier molecular flexibility index (Phi) is 4.00. The van der Waals surface area contributed by atoms with Crippen LogP contribution in [0.1, 0.15) is 22.1 Å². The zero-order chi connectivity index (χ0) is 34.1. The molecule has 0 bridgehead atoms. The molecule has 0 radical (unpaired) electrons. The summed E-state index contributed by atoms with van der Waals surface area (Å²) in [5.41, 5.74) is 4.22. The van der Waals surface area contributed by atoms with Gasteiger partial charge in [-0.1, -0.05) is 151 Å². The lowest BCUT2D eigenvalue weighted by molar-refractivity contribution is 1.26. The molecule has 0 saturated carbocycles. The second-order valence-corrected chi connectivity index (χ2v) is 10.3. The molecule has 192 valence electrons. The van der Waals surface area contributed by atoms with E-state index in [4.69, 9.17) is 5.48 Å². The normalized spacial score (nSPS) is 14.2. The Balaban J connectivity index is 1.47. The Morgan fingerprint density at radius 3 is 1.71 bits per heavy atom. The number of hydrogen-bond donors (Lipinski definition) is 0. The Morgan fingerprint density at radius 2 is 0.976 bits per heavy atom. The summed E-state index contributed by atoms with van der Waals surface area (Å²) in [6.45, 7) is 0. The third kappa shape index (κ3) is 4.08. The molecule has 0 aliphatic rings. The molecule has 0 unspecified atom stereocenters. The maximum absolute atomic E-state index is 9.19. The van der Waals surface area contributed by atoms with Gasteiger partial charge in [-0.05, 0) is 89.0 Å². The topological polar surface area (TPSA) is 0 Å². The Hall–Kier alpha value is -5.20. The summed E-state index contributed by atoms with van der Waals surface area (Å²) in [6, 6.07) is 33.2. The SMILES string of the molecule is [2H]c1c([2H])c([2H])c2c(-c3ccc(-c4ccc5ccccc5c4)cc3)c3c([2H])c([2H])c([2H])c([2H])c3c(Cc3cccc4ccccc34)c2c1[2H]. The highest BCUT2D eigenvalue weighted by molar-refractivity contribution is 6.15. The zero-order valence-electron chi connectivity index (χ0n) is 30.1. The number of fused-ring (bicyclic) bond motifs is 4. The van der Waals surface area contributed by atoms with Gasteiger partial charge < -0.3 is 0 Å². The molecular formula is C41H28. The molecule has 0 aromatic heterocycles. The second-order valence-electron chi connectivity index (χ2n) is 10.3. The first-order valence-corrected chi connectivity index (χ1v) is 13.7. The van der Waals surface area contributed by atoms with Gasteiger partial charge >= 0.3 is 0 Å². The van der Waals surface area contributed by atoms with Crippen LogP contribution in [0.15, 0.2) is 158 Å². The van der Waals surface area contributed by atoms with Crippen LogP contribution in [-0.2, 0) is 6.42 Å². The fourth-order valence-corrected chi connectivity index (χ4v) is 6.00. The van der Waals surface area contributed by atoms with E-state index in [-0.39, 0.29) is 52.1 Å². The van der Waals surface area contributed by atoms with Crippen molar-refractivity contribution < 1.29 is 11.0 Å². The molecular weight excluding hydrogens is 492 g/mol. The largest absolute Gasteiger partial charge is 0.0629 e. The van der Waals surface area contributed by atoms with Crippen molar-refractivity contribution in [1.29, 1.82) is 0 Å². The molecule has 0 atom stereocenters. The molecule has 0 heterocycles. The van der Waals surface area contributed by atoms with Crippen LogP contribution in [0, 0.1) is 0 Å². The van der Waals surface area contributed by atoms with Crippen LogP contribution in [0.4, 0.5) is 0 Å². The summed E-state index contributed by atoms with van der Waals surface area (Å²) in [7, 11) is 0. The molecule has 0 fully saturated rings. The fraction of sp³-hybridized carbons (Fsp3) is 0.0244. The molecule has 0 saturated heterocycles. The lowest BCUT2D eigenvalue weighted by Crippen LogP contribution is -1.96.